The van der Waals surface area contributed by atoms with Gasteiger partial charge >= 0.3 is 0 Å². The maximum atomic E-state index is 12.9. The van der Waals surface area contributed by atoms with Crippen LogP contribution in [0, 0.1) is 5.41 Å². The third-order valence-corrected chi connectivity index (χ3v) is 4.92. The Labute approximate surface area is 131 Å². The van der Waals surface area contributed by atoms with Gasteiger partial charge in [0.15, 0.2) is 0 Å². The van der Waals surface area contributed by atoms with Crippen LogP contribution in [0.2, 0.25) is 0 Å². The van der Waals surface area contributed by atoms with Crippen LogP contribution in [-0.2, 0) is 4.79 Å². The quantitative estimate of drug-likeness (QED) is 0.878. The summed E-state index contributed by atoms with van der Waals surface area (Å²) in [5.74, 6) is 0.726. The van der Waals surface area contributed by atoms with Crippen LogP contribution in [0.4, 0.5) is 0 Å². The second-order valence-corrected chi connectivity index (χ2v) is 6.23. The van der Waals surface area contributed by atoms with E-state index < -0.39 is 0 Å². The van der Waals surface area contributed by atoms with Gasteiger partial charge in [-0.3, -0.25) is 4.79 Å². The lowest BCUT2D eigenvalue weighted by atomic mass is 9.74. The zero-order valence-corrected chi connectivity index (χ0v) is 13.2. The third kappa shape index (κ3) is 2.73. The van der Waals surface area contributed by atoms with E-state index in [1.807, 2.05) is 12.1 Å². The van der Waals surface area contributed by atoms with Gasteiger partial charge in [-0.1, -0.05) is 0 Å². The van der Waals surface area contributed by atoms with Gasteiger partial charge in [-0.15, -0.1) is 0 Å². The van der Waals surface area contributed by atoms with Crippen molar-refractivity contribution in [2.45, 2.75) is 32.6 Å². The molecule has 0 radical (unpaired) electrons. The number of carbonyl (C=O) groups is 1. The minimum absolute atomic E-state index is 0.164. The molecule has 2 aliphatic heterocycles. The van der Waals surface area contributed by atoms with Crippen molar-refractivity contribution in [2.75, 3.05) is 20.2 Å². The molecule has 118 valence electrons. The van der Waals surface area contributed by atoms with Gasteiger partial charge in [0.1, 0.15) is 0 Å². The fraction of sp³-hybridized carbons (Fsp3) is 0.529. The molecule has 0 unspecified atom stereocenters. The van der Waals surface area contributed by atoms with Gasteiger partial charge < -0.3 is 15.4 Å². The minimum Gasteiger partial charge on any atom is -0.481 e. The summed E-state index contributed by atoms with van der Waals surface area (Å²) in [5.41, 5.74) is 2.88. The topological polar surface area (TPSA) is 63.2 Å². The number of allylic oxidation sites excluding steroid dienone is 1. The molecular formula is C17H23N3O2. The third-order valence-electron chi connectivity index (χ3n) is 4.92. The Morgan fingerprint density at radius 2 is 2.05 bits per heavy atom. The molecule has 0 atom stereocenters. The minimum atomic E-state index is -0.217. The maximum Gasteiger partial charge on any atom is 0.230 e. The summed E-state index contributed by atoms with van der Waals surface area (Å²) in [6.07, 6.45) is 5.42. The summed E-state index contributed by atoms with van der Waals surface area (Å²) in [6.45, 7) is 3.94. The molecule has 1 aromatic rings. The largest absolute Gasteiger partial charge is 0.481 e. The van der Waals surface area contributed by atoms with Crippen molar-refractivity contribution < 1.29 is 9.53 Å². The van der Waals surface area contributed by atoms with Crippen molar-refractivity contribution in [3.05, 3.63) is 29.5 Å². The highest BCUT2D eigenvalue weighted by atomic mass is 16.5. The lowest BCUT2D eigenvalue weighted by Crippen LogP contribution is -2.46. The Kier molecular flexibility index (Phi) is 4.16. The highest BCUT2D eigenvalue weighted by Gasteiger charge is 2.41. The van der Waals surface area contributed by atoms with E-state index in [9.17, 15) is 4.79 Å². The average Bonchev–Trinajstić information content (AvgIpc) is 2.68. The van der Waals surface area contributed by atoms with Crippen molar-refractivity contribution >= 4 is 11.6 Å². The molecule has 0 aliphatic carbocycles. The molecule has 1 amide bonds. The summed E-state index contributed by atoms with van der Waals surface area (Å²) in [6, 6.07) is 3.79. The molecule has 3 heterocycles. The van der Waals surface area contributed by atoms with Crippen LogP contribution in [0.5, 0.6) is 5.88 Å². The number of carbonyl (C=O) groups excluding carboxylic acids is 1. The van der Waals surface area contributed by atoms with E-state index in [0.29, 0.717) is 5.88 Å². The van der Waals surface area contributed by atoms with Gasteiger partial charge in [0.25, 0.3) is 0 Å². The second kappa shape index (κ2) is 6.08. The average molecular weight is 301 g/mol. The van der Waals surface area contributed by atoms with Crippen LogP contribution in [0.3, 0.4) is 0 Å². The van der Waals surface area contributed by atoms with E-state index >= 15 is 0 Å². The first-order chi connectivity index (χ1) is 10.6. The van der Waals surface area contributed by atoms with E-state index in [1.165, 1.54) is 5.57 Å². The van der Waals surface area contributed by atoms with Gasteiger partial charge in [-0.25, -0.2) is 4.98 Å². The fourth-order valence-corrected chi connectivity index (χ4v) is 3.40. The molecule has 1 aromatic heterocycles. The Morgan fingerprint density at radius 1 is 1.27 bits per heavy atom. The number of piperidine rings is 1. The Morgan fingerprint density at radius 3 is 2.77 bits per heavy atom. The Hall–Kier alpha value is -1.88. The predicted molar refractivity (Wildman–Crippen MR) is 85.3 cm³/mol. The Bertz CT molecular complexity index is 604. The molecule has 1 fully saturated rings. The summed E-state index contributed by atoms with van der Waals surface area (Å²) in [4.78, 5) is 17.0. The first-order valence-electron chi connectivity index (χ1n) is 7.87. The zero-order chi connectivity index (χ0) is 15.6. The molecular weight excluding hydrogens is 278 g/mol. The van der Waals surface area contributed by atoms with E-state index in [4.69, 9.17) is 4.74 Å². The number of nitrogens with one attached hydrogen (secondary N) is 2. The van der Waals surface area contributed by atoms with Crippen molar-refractivity contribution in [1.82, 2.24) is 15.6 Å². The molecule has 5 nitrogen and oxygen atoms in total. The molecule has 3 rings (SSSR count). The summed E-state index contributed by atoms with van der Waals surface area (Å²) in [5, 5.41) is 6.53. The van der Waals surface area contributed by atoms with Crippen molar-refractivity contribution in [3.63, 3.8) is 0 Å². The number of amides is 1. The molecule has 0 bridgehead atoms. The molecule has 2 aliphatic rings. The number of rotatable bonds is 2. The SMILES string of the molecule is COc1cc(C2=C(C)CCC3(CCNCC3)C(=O)N2)ccn1. The summed E-state index contributed by atoms with van der Waals surface area (Å²) in [7, 11) is 1.60. The number of nitrogens with zero attached hydrogens (tertiary/aromatic N) is 1. The smallest absolute Gasteiger partial charge is 0.230 e. The van der Waals surface area contributed by atoms with Crippen molar-refractivity contribution in [3.8, 4) is 5.88 Å². The standard InChI is InChI=1S/C17H23N3O2/c1-12-3-5-17(6-9-18-10-7-17)16(21)20-15(12)13-4-8-19-14(11-13)22-2/h4,8,11,18H,3,5-7,9-10H2,1-2H3,(H,20,21). The van der Waals surface area contributed by atoms with E-state index in [1.54, 1.807) is 13.3 Å². The number of hydrogen-bond acceptors (Lipinski definition) is 4. The second-order valence-electron chi connectivity index (χ2n) is 6.23. The van der Waals surface area contributed by atoms with E-state index in [2.05, 4.69) is 22.5 Å². The van der Waals surface area contributed by atoms with Gasteiger partial charge in [-0.2, -0.15) is 0 Å². The number of methoxy groups -OCH3 is 1. The number of ether oxygens (including phenoxy) is 1. The Balaban J connectivity index is 1.90. The van der Waals surface area contributed by atoms with Crippen molar-refractivity contribution in [1.29, 1.82) is 0 Å². The van der Waals surface area contributed by atoms with Crippen LogP contribution < -0.4 is 15.4 Å². The summed E-state index contributed by atoms with van der Waals surface area (Å²) < 4.78 is 5.19. The van der Waals surface area contributed by atoms with Gasteiger partial charge in [0, 0.05) is 23.5 Å². The molecule has 5 heteroatoms. The highest BCUT2D eigenvalue weighted by molar-refractivity contribution is 5.92. The lowest BCUT2D eigenvalue weighted by Gasteiger charge is -2.35. The van der Waals surface area contributed by atoms with Crippen LogP contribution in [-0.4, -0.2) is 31.1 Å². The predicted octanol–water partition coefficient (Wildman–Crippen LogP) is 2.10. The first kappa shape index (κ1) is 15.0. The molecule has 22 heavy (non-hydrogen) atoms. The number of aromatic nitrogens is 1. The summed E-state index contributed by atoms with van der Waals surface area (Å²) >= 11 is 0. The normalized spacial score (nSPS) is 21.5. The van der Waals surface area contributed by atoms with Crippen LogP contribution in [0.1, 0.15) is 38.2 Å². The number of pyridine rings is 1. The lowest BCUT2D eigenvalue weighted by molar-refractivity contribution is -0.131. The monoisotopic (exact) mass is 301 g/mol. The molecule has 0 saturated carbocycles. The molecule has 1 saturated heterocycles. The number of hydrogen-bond donors (Lipinski definition) is 2. The molecule has 2 N–H and O–H groups in total. The van der Waals surface area contributed by atoms with Crippen LogP contribution >= 0.6 is 0 Å². The van der Waals surface area contributed by atoms with E-state index in [0.717, 1.165) is 50.0 Å². The maximum absolute atomic E-state index is 12.9. The first-order valence-corrected chi connectivity index (χ1v) is 7.87. The van der Waals surface area contributed by atoms with Crippen molar-refractivity contribution in [2.24, 2.45) is 5.41 Å². The van der Waals surface area contributed by atoms with E-state index in [-0.39, 0.29) is 11.3 Å². The highest BCUT2D eigenvalue weighted by Crippen LogP contribution is 2.39. The van der Waals surface area contributed by atoms with Crippen LogP contribution in [0.15, 0.2) is 23.9 Å². The van der Waals surface area contributed by atoms with Gasteiger partial charge in [-0.05, 0) is 57.3 Å². The van der Waals surface area contributed by atoms with Crippen LogP contribution in [0.25, 0.3) is 5.70 Å². The van der Waals surface area contributed by atoms with Gasteiger partial charge in [0.05, 0.1) is 12.5 Å². The fourth-order valence-electron chi connectivity index (χ4n) is 3.40. The molecule has 1 spiro atoms. The molecule has 0 aromatic carbocycles. The van der Waals surface area contributed by atoms with Gasteiger partial charge in [0.2, 0.25) is 11.8 Å². The zero-order valence-electron chi connectivity index (χ0n) is 13.2.